The summed E-state index contributed by atoms with van der Waals surface area (Å²) >= 11 is 1.63. The van der Waals surface area contributed by atoms with Gasteiger partial charge in [-0.05, 0) is 24.3 Å². The van der Waals surface area contributed by atoms with Crippen LogP contribution in [0.2, 0.25) is 0 Å². The number of para-hydroxylation sites is 1. The lowest BCUT2D eigenvalue weighted by molar-refractivity contribution is 0.0747. The van der Waals surface area contributed by atoms with Gasteiger partial charge >= 0.3 is 0 Å². The molecule has 1 aromatic carbocycles. The van der Waals surface area contributed by atoms with Crippen molar-refractivity contribution in [2.75, 3.05) is 31.1 Å². The van der Waals surface area contributed by atoms with E-state index in [0.717, 1.165) is 29.5 Å². The van der Waals surface area contributed by atoms with Crippen molar-refractivity contribution in [1.82, 2.24) is 24.6 Å². The van der Waals surface area contributed by atoms with Gasteiger partial charge in [0.15, 0.2) is 5.13 Å². The van der Waals surface area contributed by atoms with Crippen molar-refractivity contribution in [3.8, 4) is 16.9 Å². The zero-order valence-electron chi connectivity index (χ0n) is 16.3. The van der Waals surface area contributed by atoms with E-state index in [1.165, 1.54) is 0 Å². The third kappa shape index (κ3) is 3.57. The number of pyridine rings is 1. The van der Waals surface area contributed by atoms with Gasteiger partial charge in [-0.3, -0.25) is 9.78 Å². The molecular formula is C22H20N6OS. The number of rotatable bonds is 4. The maximum atomic E-state index is 13.5. The lowest BCUT2D eigenvalue weighted by atomic mass is 10.1. The van der Waals surface area contributed by atoms with Crippen molar-refractivity contribution in [3.63, 3.8) is 0 Å². The zero-order valence-corrected chi connectivity index (χ0v) is 17.1. The Morgan fingerprint density at radius 2 is 1.80 bits per heavy atom. The predicted octanol–water partition coefficient (Wildman–Crippen LogP) is 3.35. The van der Waals surface area contributed by atoms with Crippen LogP contribution in [0.4, 0.5) is 5.13 Å². The molecule has 0 spiro atoms. The van der Waals surface area contributed by atoms with E-state index < -0.39 is 0 Å². The van der Waals surface area contributed by atoms with Gasteiger partial charge in [0.1, 0.15) is 5.69 Å². The molecule has 0 saturated carbocycles. The number of anilines is 1. The van der Waals surface area contributed by atoms with Gasteiger partial charge < -0.3 is 9.80 Å². The van der Waals surface area contributed by atoms with Crippen molar-refractivity contribution < 1.29 is 4.79 Å². The number of piperazine rings is 1. The molecule has 0 N–H and O–H groups in total. The maximum absolute atomic E-state index is 13.5. The molecular weight excluding hydrogens is 396 g/mol. The molecule has 1 aliphatic rings. The van der Waals surface area contributed by atoms with Crippen molar-refractivity contribution in [3.05, 3.63) is 78.2 Å². The van der Waals surface area contributed by atoms with E-state index in [0.29, 0.717) is 24.3 Å². The summed E-state index contributed by atoms with van der Waals surface area (Å²) < 4.78 is 1.77. The second kappa shape index (κ2) is 8.08. The van der Waals surface area contributed by atoms with Crippen LogP contribution in [0.15, 0.2) is 72.6 Å². The van der Waals surface area contributed by atoms with Crippen LogP contribution in [-0.4, -0.2) is 56.7 Å². The maximum Gasteiger partial charge on any atom is 0.257 e. The number of carbonyl (C=O) groups excluding carboxylic acids is 1. The molecule has 5 rings (SSSR count). The number of hydrogen-bond donors (Lipinski definition) is 0. The van der Waals surface area contributed by atoms with Crippen molar-refractivity contribution in [2.24, 2.45) is 0 Å². The van der Waals surface area contributed by atoms with Crippen LogP contribution < -0.4 is 4.90 Å². The van der Waals surface area contributed by atoms with Crippen molar-refractivity contribution in [1.29, 1.82) is 0 Å². The molecule has 7 nitrogen and oxygen atoms in total. The summed E-state index contributed by atoms with van der Waals surface area (Å²) in [4.78, 5) is 26.2. The number of thiazole rings is 1. The van der Waals surface area contributed by atoms with Crippen LogP contribution in [-0.2, 0) is 0 Å². The van der Waals surface area contributed by atoms with Gasteiger partial charge in [-0.15, -0.1) is 11.3 Å². The van der Waals surface area contributed by atoms with Crippen molar-refractivity contribution in [2.45, 2.75) is 0 Å². The Balaban J connectivity index is 1.44. The molecule has 1 saturated heterocycles. The Morgan fingerprint density at radius 3 is 2.50 bits per heavy atom. The number of benzene rings is 1. The molecule has 0 atom stereocenters. The molecule has 0 aliphatic carbocycles. The van der Waals surface area contributed by atoms with Gasteiger partial charge in [0, 0.05) is 61.9 Å². The van der Waals surface area contributed by atoms with Crippen LogP contribution in [0.25, 0.3) is 16.9 Å². The van der Waals surface area contributed by atoms with E-state index in [1.54, 1.807) is 28.4 Å². The third-order valence-electron chi connectivity index (χ3n) is 5.16. The number of nitrogens with zero attached hydrogens (tertiary/aromatic N) is 6. The van der Waals surface area contributed by atoms with Crippen LogP contribution in [0.3, 0.4) is 0 Å². The molecule has 8 heteroatoms. The first kappa shape index (κ1) is 18.5. The Morgan fingerprint density at radius 1 is 0.967 bits per heavy atom. The van der Waals surface area contributed by atoms with Gasteiger partial charge in [-0.1, -0.05) is 18.2 Å². The highest BCUT2D eigenvalue weighted by Gasteiger charge is 2.27. The average molecular weight is 417 g/mol. The predicted molar refractivity (Wildman–Crippen MR) is 117 cm³/mol. The smallest absolute Gasteiger partial charge is 0.257 e. The van der Waals surface area contributed by atoms with E-state index in [1.807, 2.05) is 65.1 Å². The molecule has 0 radical (unpaired) electrons. The minimum Gasteiger partial charge on any atom is -0.345 e. The van der Waals surface area contributed by atoms with Gasteiger partial charge in [-0.2, -0.15) is 5.10 Å². The Labute approximate surface area is 178 Å². The third-order valence-corrected chi connectivity index (χ3v) is 5.99. The van der Waals surface area contributed by atoms with Crippen LogP contribution in [0, 0.1) is 0 Å². The summed E-state index contributed by atoms with van der Waals surface area (Å²) in [5, 5.41) is 7.72. The standard InChI is InChI=1S/C22H20N6OS/c29-21(26-10-12-27(13-11-26)22-24-9-14-30-22)19-16-28(18-6-2-1-3-7-18)25-20(19)17-5-4-8-23-15-17/h1-9,14-16H,10-13H2. The fourth-order valence-electron chi connectivity index (χ4n) is 3.60. The molecule has 1 amide bonds. The fourth-order valence-corrected chi connectivity index (χ4v) is 4.30. The molecule has 1 aliphatic heterocycles. The zero-order chi connectivity index (χ0) is 20.3. The topological polar surface area (TPSA) is 67.2 Å². The molecule has 4 aromatic rings. The fraction of sp³-hybridized carbons (Fsp3) is 0.182. The number of hydrogen-bond acceptors (Lipinski definition) is 6. The highest BCUT2D eigenvalue weighted by Crippen LogP contribution is 2.26. The molecule has 1 fully saturated rings. The van der Waals surface area contributed by atoms with Gasteiger partial charge in [-0.25, -0.2) is 9.67 Å². The normalized spacial score (nSPS) is 14.1. The SMILES string of the molecule is O=C(c1cn(-c2ccccc2)nc1-c1cccnc1)N1CCN(c2nccs2)CC1. The van der Waals surface area contributed by atoms with E-state index in [9.17, 15) is 4.79 Å². The molecule has 3 aromatic heterocycles. The number of amides is 1. The molecule has 0 unspecified atom stereocenters. The molecule has 0 bridgehead atoms. The van der Waals surface area contributed by atoms with Gasteiger partial charge in [0.05, 0.1) is 11.3 Å². The van der Waals surface area contributed by atoms with E-state index >= 15 is 0 Å². The first-order chi connectivity index (χ1) is 14.8. The van der Waals surface area contributed by atoms with E-state index in [-0.39, 0.29) is 5.91 Å². The van der Waals surface area contributed by atoms with Crippen molar-refractivity contribution >= 4 is 22.4 Å². The highest BCUT2D eigenvalue weighted by atomic mass is 32.1. The molecule has 4 heterocycles. The summed E-state index contributed by atoms with van der Waals surface area (Å²) in [6.45, 7) is 2.85. The second-order valence-corrected chi connectivity index (χ2v) is 7.88. The van der Waals surface area contributed by atoms with Gasteiger partial charge in [0.2, 0.25) is 0 Å². The van der Waals surface area contributed by atoms with E-state index in [4.69, 9.17) is 5.10 Å². The van der Waals surface area contributed by atoms with E-state index in [2.05, 4.69) is 14.9 Å². The number of aromatic nitrogens is 4. The quantitative estimate of drug-likeness (QED) is 0.510. The molecule has 150 valence electrons. The second-order valence-electron chi connectivity index (χ2n) is 7.01. The Kier molecular flexibility index (Phi) is 4.98. The lowest BCUT2D eigenvalue weighted by Crippen LogP contribution is -2.48. The summed E-state index contributed by atoms with van der Waals surface area (Å²) in [5.74, 6) is -0.00479. The minimum absolute atomic E-state index is 0.00479. The summed E-state index contributed by atoms with van der Waals surface area (Å²) in [5.41, 5.74) is 2.99. The first-order valence-electron chi connectivity index (χ1n) is 9.79. The largest absolute Gasteiger partial charge is 0.345 e. The molecule has 30 heavy (non-hydrogen) atoms. The Bertz CT molecular complexity index is 1120. The number of carbonyl (C=O) groups is 1. The lowest BCUT2D eigenvalue weighted by Gasteiger charge is -2.34. The monoisotopic (exact) mass is 416 g/mol. The first-order valence-corrected chi connectivity index (χ1v) is 10.7. The van der Waals surface area contributed by atoms with Crippen LogP contribution in [0.5, 0.6) is 0 Å². The highest BCUT2D eigenvalue weighted by molar-refractivity contribution is 7.13. The Hall–Kier alpha value is -3.52. The van der Waals surface area contributed by atoms with Gasteiger partial charge in [0.25, 0.3) is 5.91 Å². The summed E-state index contributed by atoms with van der Waals surface area (Å²) in [6, 6.07) is 13.6. The minimum atomic E-state index is -0.00479. The summed E-state index contributed by atoms with van der Waals surface area (Å²) in [7, 11) is 0. The average Bonchev–Trinajstić information content (AvgIpc) is 3.51. The van der Waals surface area contributed by atoms with Crippen LogP contribution >= 0.6 is 11.3 Å². The summed E-state index contributed by atoms with van der Waals surface area (Å²) in [6.07, 6.45) is 7.11. The van der Waals surface area contributed by atoms with Crippen LogP contribution in [0.1, 0.15) is 10.4 Å².